The first kappa shape index (κ1) is 17.9. The molecule has 0 saturated heterocycles. The normalized spacial score (nSPS) is 13.0. The fourth-order valence-corrected chi connectivity index (χ4v) is 3.32. The van der Waals surface area contributed by atoms with Crippen LogP contribution in [-0.2, 0) is 0 Å². The highest BCUT2D eigenvalue weighted by Gasteiger charge is 2.13. The molecule has 3 aromatic rings. The third-order valence-corrected chi connectivity index (χ3v) is 5.26. The van der Waals surface area contributed by atoms with Crippen molar-refractivity contribution in [1.82, 2.24) is 0 Å². The summed E-state index contributed by atoms with van der Waals surface area (Å²) in [4.78, 5) is 0. The van der Waals surface area contributed by atoms with Crippen molar-refractivity contribution >= 4 is 12.2 Å². The molecule has 130 valence electrons. The lowest BCUT2D eigenvalue weighted by Gasteiger charge is -2.17. The first-order valence-corrected chi connectivity index (χ1v) is 9.17. The van der Waals surface area contributed by atoms with Crippen molar-refractivity contribution in [3.05, 3.63) is 119 Å². The Kier molecular flexibility index (Phi) is 5.53. The summed E-state index contributed by atoms with van der Waals surface area (Å²) < 4.78 is 0. The molecule has 0 aliphatic heterocycles. The van der Waals surface area contributed by atoms with Crippen LogP contribution >= 0.6 is 0 Å². The lowest BCUT2D eigenvalue weighted by atomic mass is 9.87. The molecule has 0 heteroatoms. The van der Waals surface area contributed by atoms with Crippen LogP contribution in [0, 0.1) is 0 Å². The van der Waals surface area contributed by atoms with Gasteiger partial charge in [-0.15, -0.1) is 0 Å². The fraction of sp³-hybridized carbons (Fsp3) is 0.154. The Morgan fingerprint density at radius 3 is 1.31 bits per heavy atom. The lowest BCUT2D eigenvalue weighted by Crippen LogP contribution is -2.00. The second-order valence-corrected chi connectivity index (χ2v) is 6.86. The van der Waals surface area contributed by atoms with Gasteiger partial charge >= 0.3 is 0 Å². The Labute approximate surface area is 157 Å². The number of rotatable bonds is 6. The maximum absolute atomic E-state index is 3.83. The van der Waals surface area contributed by atoms with E-state index >= 15 is 0 Å². The molecule has 3 aromatic carbocycles. The summed E-state index contributed by atoms with van der Waals surface area (Å²) >= 11 is 0. The predicted octanol–water partition coefficient (Wildman–Crippen LogP) is 7.28. The highest BCUT2D eigenvalue weighted by Crippen LogP contribution is 2.30. The van der Waals surface area contributed by atoms with Crippen molar-refractivity contribution in [2.45, 2.75) is 25.7 Å². The van der Waals surface area contributed by atoms with Crippen LogP contribution in [0.5, 0.6) is 0 Å². The van der Waals surface area contributed by atoms with E-state index in [2.05, 4.69) is 99.8 Å². The summed E-state index contributed by atoms with van der Waals surface area (Å²) in [5, 5.41) is 0. The van der Waals surface area contributed by atoms with E-state index in [-0.39, 0.29) is 0 Å². The van der Waals surface area contributed by atoms with Gasteiger partial charge < -0.3 is 0 Å². The van der Waals surface area contributed by atoms with Gasteiger partial charge in [0.15, 0.2) is 0 Å². The molecule has 0 N–H and O–H groups in total. The van der Waals surface area contributed by atoms with Crippen LogP contribution in [0.15, 0.2) is 86.0 Å². The van der Waals surface area contributed by atoms with E-state index in [4.69, 9.17) is 0 Å². The summed E-state index contributed by atoms with van der Waals surface area (Å²) in [5.41, 5.74) is 7.68. The van der Waals surface area contributed by atoms with Crippen molar-refractivity contribution in [1.29, 1.82) is 0 Å². The number of hydrogen-bond acceptors (Lipinski definition) is 0. The molecule has 0 saturated carbocycles. The van der Waals surface area contributed by atoms with Gasteiger partial charge in [0.05, 0.1) is 0 Å². The summed E-state index contributed by atoms with van der Waals surface area (Å²) in [6.45, 7) is 12.2. The monoisotopic (exact) mass is 338 g/mol. The maximum Gasteiger partial charge on any atom is 0.00611 e. The molecule has 0 aliphatic carbocycles. The quantitative estimate of drug-likeness (QED) is 0.443. The second-order valence-electron chi connectivity index (χ2n) is 6.86. The molecule has 0 spiro atoms. The van der Waals surface area contributed by atoms with E-state index in [1.807, 2.05) is 12.2 Å². The molecule has 0 fully saturated rings. The molecule has 0 nitrogen and oxygen atoms in total. The van der Waals surface area contributed by atoms with Crippen LogP contribution in [0.4, 0.5) is 0 Å². The Morgan fingerprint density at radius 1 is 0.577 bits per heavy atom. The van der Waals surface area contributed by atoms with Crippen molar-refractivity contribution in [2.24, 2.45) is 0 Å². The molecule has 0 aliphatic rings. The third kappa shape index (κ3) is 3.86. The molecule has 0 amide bonds. The molecule has 26 heavy (non-hydrogen) atoms. The van der Waals surface area contributed by atoms with Gasteiger partial charge in [0.2, 0.25) is 0 Å². The van der Waals surface area contributed by atoms with Crippen molar-refractivity contribution in [2.75, 3.05) is 0 Å². The summed E-state index contributed by atoms with van der Waals surface area (Å²) in [6, 6.07) is 26.3. The zero-order valence-electron chi connectivity index (χ0n) is 15.7. The zero-order valence-corrected chi connectivity index (χ0v) is 15.7. The molecular weight excluding hydrogens is 312 g/mol. The molecule has 0 aromatic heterocycles. The first-order chi connectivity index (χ1) is 12.6. The highest BCUT2D eigenvalue weighted by molar-refractivity contribution is 5.50. The summed E-state index contributed by atoms with van der Waals surface area (Å²) in [5.74, 6) is 0.730. The van der Waals surface area contributed by atoms with E-state index in [0.29, 0.717) is 11.8 Å². The lowest BCUT2D eigenvalue weighted by molar-refractivity contribution is 0.887. The standard InChI is InChI=1S/C26H26/c1-5-21-10-14-23(15-11-21)19(3)25-8-7-9-26(18-25)20(4)24-16-12-22(6-2)13-17-24/h5-20H,1-2H2,3-4H3. The van der Waals surface area contributed by atoms with E-state index in [0.717, 1.165) is 11.1 Å². The molecule has 3 rings (SSSR count). The van der Waals surface area contributed by atoms with Gasteiger partial charge in [0.1, 0.15) is 0 Å². The topological polar surface area (TPSA) is 0 Å². The minimum atomic E-state index is 0.365. The van der Waals surface area contributed by atoms with Gasteiger partial charge in [-0.25, -0.2) is 0 Å². The van der Waals surface area contributed by atoms with E-state index in [1.54, 1.807) is 0 Å². The van der Waals surface area contributed by atoms with Crippen molar-refractivity contribution < 1.29 is 0 Å². The second kappa shape index (κ2) is 8.01. The average Bonchev–Trinajstić information content (AvgIpc) is 2.73. The SMILES string of the molecule is C=Cc1ccc(C(C)c2cccc(C(C)c3ccc(C=C)cc3)c2)cc1. The molecule has 0 radical (unpaired) electrons. The first-order valence-electron chi connectivity index (χ1n) is 9.17. The van der Waals surface area contributed by atoms with Gasteiger partial charge in [0.25, 0.3) is 0 Å². The minimum Gasteiger partial charge on any atom is -0.0985 e. The largest absolute Gasteiger partial charge is 0.0985 e. The van der Waals surface area contributed by atoms with Crippen LogP contribution in [0.1, 0.15) is 59.1 Å². The van der Waals surface area contributed by atoms with Crippen molar-refractivity contribution in [3.63, 3.8) is 0 Å². The molecule has 2 atom stereocenters. The molecule has 2 unspecified atom stereocenters. The number of benzene rings is 3. The zero-order chi connectivity index (χ0) is 18.5. The average molecular weight is 338 g/mol. The smallest absolute Gasteiger partial charge is 0.00611 e. The van der Waals surface area contributed by atoms with Gasteiger partial charge in [-0.05, 0) is 33.4 Å². The van der Waals surface area contributed by atoms with Gasteiger partial charge in [-0.3, -0.25) is 0 Å². The van der Waals surface area contributed by atoms with Crippen LogP contribution in [-0.4, -0.2) is 0 Å². The fourth-order valence-electron chi connectivity index (χ4n) is 3.32. The van der Waals surface area contributed by atoms with E-state index < -0.39 is 0 Å². The van der Waals surface area contributed by atoms with Crippen LogP contribution in [0.3, 0.4) is 0 Å². The molecule has 0 heterocycles. The minimum absolute atomic E-state index is 0.365. The van der Waals surface area contributed by atoms with Crippen LogP contribution in [0.2, 0.25) is 0 Å². The van der Waals surface area contributed by atoms with Crippen LogP contribution < -0.4 is 0 Å². The summed E-state index contributed by atoms with van der Waals surface area (Å²) in [7, 11) is 0. The van der Waals surface area contributed by atoms with E-state index in [9.17, 15) is 0 Å². The van der Waals surface area contributed by atoms with Gasteiger partial charge in [-0.2, -0.15) is 0 Å². The maximum atomic E-state index is 3.83. The Balaban J connectivity index is 1.86. The highest BCUT2D eigenvalue weighted by atomic mass is 14.2. The Hall–Kier alpha value is -2.86. The number of hydrogen-bond donors (Lipinski definition) is 0. The Bertz CT molecular complexity index is 809. The molecule has 0 bridgehead atoms. The predicted molar refractivity (Wildman–Crippen MR) is 115 cm³/mol. The third-order valence-electron chi connectivity index (χ3n) is 5.26. The summed E-state index contributed by atoms with van der Waals surface area (Å²) in [6.07, 6.45) is 3.77. The Morgan fingerprint density at radius 2 is 0.962 bits per heavy atom. The van der Waals surface area contributed by atoms with Crippen molar-refractivity contribution in [3.8, 4) is 0 Å². The van der Waals surface area contributed by atoms with Gasteiger partial charge in [0, 0.05) is 11.8 Å². The van der Waals surface area contributed by atoms with E-state index in [1.165, 1.54) is 22.3 Å². The van der Waals surface area contributed by atoms with Gasteiger partial charge in [-0.1, -0.05) is 112 Å². The molecular formula is C26H26. The van der Waals surface area contributed by atoms with Crippen LogP contribution in [0.25, 0.3) is 12.2 Å².